The number of carbonyl (C=O) groups is 1. The molecule has 0 aliphatic carbocycles. The number of benzene rings is 1. The van der Waals surface area contributed by atoms with Crippen molar-refractivity contribution in [3.05, 3.63) is 58.3 Å². The molecular weight excluding hydrogens is 331 g/mol. The second-order valence-electron chi connectivity index (χ2n) is 4.40. The summed E-state index contributed by atoms with van der Waals surface area (Å²) in [6, 6.07) is 8.98. The van der Waals surface area contributed by atoms with Crippen LogP contribution in [0.1, 0.15) is 12.5 Å². The van der Waals surface area contributed by atoms with Crippen LogP contribution in [-0.4, -0.2) is 5.91 Å². The molecule has 1 aromatic heterocycles. The molecule has 3 nitrogen and oxygen atoms in total. The molecule has 0 spiro atoms. The highest BCUT2D eigenvalue weighted by Gasteiger charge is 2.11. The van der Waals surface area contributed by atoms with Gasteiger partial charge in [-0.25, -0.2) is 0 Å². The van der Waals surface area contributed by atoms with Crippen LogP contribution >= 0.6 is 23.2 Å². The molecule has 1 N–H and O–H groups in total. The van der Waals surface area contributed by atoms with E-state index in [1.807, 2.05) is 29.1 Å². The van der Waals surface area contributed by atoms with Gasteiger partial charge in [-0.2, -0.15) is 4.57 Å². The van der Waals surface area contributed by atoms with E-state index in [1.165, 1.54) is 5.56 Å². The van der Waals surface area contributed by atoms with Crippen molar-refractivity contribution < 1.29 is 21.8 Å². The third kappa shape index (κ3) is 5.20. The van der Waals surface area contributed by atoms with Crippen LogP contribution in [-0.2, 0) is 17.8 Å². The van der Waals surface area contributed by atoms with Crippen LogP contribution in [0.4, 0.5) is 5.69 Å². The van der Waals surface area contributed by atoms with Crippen molar-refractivity contribution in [3.63, 3.8) is 0 Å². The number of carbonyl (C=O) groups excluding carboxylic acids is 1. The van der Waals surface area contributed by atoms with Crippen molar-refractivity contribution in [1.29, 1.82) is 0 Å². The maximum atomic E-state index is 11.9. The lowest BCUT2D eigenvalue weighted by molar-refractivity contribution is -0.684. The number of nitrogens with one attached hydrogen (secondary N) is 1. The molecule has 21 heavy (non-hydrogen) atoms. The summed E-state index contributed by atoms with van der Waals surface area (Å²) in [5.74, 6) is -0.136. The fraction of sp³-hybridized carbons (Fsp3) is 0.200. The Morgan fingerprint density at radius 3 is 2.43 bits per heavy atom. The van der Waals surface area contributed by atoms with Crippen LogP contribution in [0.15, 0.2) is 42.7 Å². The van der Waals surface area contributed by atoms with Gasteiger partial charge in [0.05, 0.1) is 10.7 Å². The van der Waals surface area contributed by atoms with Gasteiger partial charge >= 0.3 is 0 Å². The van der Waals surface area contributed by atoms with E-state index in [0.717, 1.165) is 6.42 Å². The highest BCUT2D eigenvalue weighted by molar-refractivity contribution is 6.36. The number of halogens is 3. The summed E-state index contributed by atoms with van der Waals surface area (Å²) in [6.07, 6.45) is 4.76. The van der Waals surface area contributed by atoms with Crippen molar-refractivity contribution in [1.82, 2.24) is 0 Å². The summed E-state index contributed by atoms with van der Waals surface area (Å²) in [7, 11) is 0. The smallest absolute Gasteiger partial charge is 0.290 e. The van der Waals surface area contributed by atoms with Gasteiger partial charge in [-0.1, -0.05) is 30.1 Å². The van der Waals surface area contributed by atoms with E-state index in [1.54, 1.807) is 18.2 Å². The van der Waals surface area contributed by atoms with Gasteiger partial charge in [0.15, 0.2) is 12.4 Å². The van der Waals surface area contributed by atoms with Gasteiger partial charge in [0.2, 0.25) is 6.54 Å². The predicted octanol–water partition coefficient (Wildman–Crippen LogP) is 0.486. The Hall–Kier alpha value is -1.29. The number of hydrogen-bond donors (Lipinski definition) is 1. The Kier molecular flexibility index (Phi) is 6.96. The molecule has 1 aromatic carbocycles. The third-order valence-electron chi connectivity index (χ3n) is 2.90. The number of hydrogen-bond acceptors (Lipinski definition) is 1. The maximum Gasteiger partial charge on any atom is 0.290 e. The molecular formula is C15H15Cl3N2O. The number of aryl methyl sites for hydroxylation is 1. The number of anilines is 1. The standard InChI is InChI=1S/C15H14Cl2N2O.ClH/c1-2-11-5-7-19(8-6-11)10-15(20)18-14-4-3-12(16)9-13(14)17;/h3-9H,2,10H2,1H3;1H. The summed E-state index contributed by atoms with van der Waals surface area (Å²) >= 11 is 11.8. The van der Waals surface area contributed by atoms with E-state index in [0.29, 0.717) is 15.7 Å². The lowest BCUT2D eigenvalue weighted by Gasteiger charge is -2.05. The van der Waals surface area contributed by atoms with Crippen LogP contribution < -0.4 is 22.3 Å². The first-order valence-corrected chi connectivity index (χ1v) is 7.07. The Morgan fingerprint density at radius 1 is 1.19 bits per heavy atom. The molecule has 6 heteroatoms. The number of nitrogens with zero attached hydrogens (tertiary/aromatic N) is 1. The van der Waals surface area contributed by atoms with Gasteiger partial charge in [0, 0.05) is 17.2 Å². The maximum absolute atomic E-state index is 11.9. The molecule has 0 aliphatic heterocycles. The van der Waals surface area contributed by atoms with Crippen LogP contribution in [0.5, 0.6) is 0 Å². The number of aromatic nitrogens is 1. The Labute approximate surface area is 140 Å². The summed E-state index contributed by atoms with van der Waals surface area (Å²) in [4.78, 5) is 11.9. The molecule has 2 rings (SSSR count). The predicted molar refractivity (Wildman–Crippen MR) is 81.1 cm³/mol. The van der Waals surface area contributed by atoms with Gasteiger partial charge in [-0.3, -0.25) is 4.79 Å². The topological polar surface area (TPSA) is 33.0 Å². The summed E-state index contributed by atoms with van der Waals surface area (Å²) < 4.78 is 1.82. The zero-order valence-electron chi connectivity index (χ0n) is 11.4. The van der Waals surface area contributed by atoms with Crippen LogP contribution in [0.2, 0.25) is 10.0 Å². The minimum Gasteiger partial charge on any atom is -1.00 e. The van der Waals surface area contributed by atoms with E-state index < -0.39 is 0 Å². The Bertz CT molecular complexity index is 615. The van der Waals surface area contributed by atoms with E-state index in [4.69, 9.17) is 23.2 Å². The molecule has 0 aliphatic rings. The molecule has 0 bridgehead atoms. The van der Waals surface area contributed by atoms with Crippen LogP contribution in [0.3, 0.4) is 0 Å². The minimum atomic E-state index is -0.136. The van der Waals surface area contributed by atoms with E-state index in [2.05, 4.69) is 12.2 Å². The Balaban J connectivity index is 0.00000220. The number of amides is 1. The monoisotopic (exact) mass is 344 g/mol. The quantitative estimate of drug-likeness (QED) is 0.804. The molecule has 0 saturated heterocycles. The second kappa shape index (κ2) is 8.23. The average Bonchev–Trinajstić information content (AvgIpc) is 2.43. The van der Waals surface area contributed by atoms with Crippen molar-refractivity contribution in [2.45, 2.75) is 19.9 Å². The van der Waals surface area contributed by atoms with Gasteiger partial charge < -0.3 is 17.7 Å². The summed E-state index contributed by atoms with van der Waals surface area (Å²) in [5.41, 5.74) is 1.80. The lowest BCUT2D eigenvalue weighted by Crippen LogP contribution is -3.00. The van der Waals surface area contributed by atoms with Crippen molar-refractivity contribution in [2.75, 3.05) is 5.32 Å². The first-order chi connectivity index (χ1) is 9.58. The third-order valence-corrected chi connectivity index (χ3v) is 3.45. The van der Waals surface area contributed by atoms with Crippen molar-refractivity contribution >= 4 is 34.8 Å². The first-order valence-electron chi connectivity index (χ1n) is 6.31. The highest BCUT2D eigenvalue weighted by atomic mass is 35.5. The molecule has 112 valence electrons. The molecule has 0 radical (unpaired) electrons. The molecule has 0 saturated carbocycles. The fourth-order valence-electron chi connectivity index (χ4n) is 1.78. The van der Waals surface area contributed by atoms with E-state index in [-0.39, 0.29) is 24.9 Å². The number of pyridine rings is 1. The van der Waals surface area contributed by atoms with E-state index in [9.17, 15) is 4.79 Å². The zero-order chi connectivity index (χ0) is 14.5. The summed E-state index contributed by atoms with van der Waals surface area (Å²) in [5, 5.41) is 3.73. The van der Waals surface area contributed by atoms with Gasteiger partial charge in [-0.15, -0.1) is 0 Å². The normalized spacial score (nSPS) is 9.86. The Morgan fingerprint density at radius 2 is 1.86 bits per heavy atom. The molecule has 1 amide bonds. The highest BCUT2D eigenvalue weighted by Crippen LogP contribution is 2.25. The lowest BCUT2D eigenvalue weighted by atomic mass is 10.2. The first kappa shape index (κ1) is 17.8. The number of rotatable bonds is 4. The van der Waals surface area contributed by atoms with Crippen LogP contribution in [0.25, 0.3) is 0 Å². The van der Waals surface area contributed by atoms with Crippen molar-refractivity contribution in [3.8, 4) is 0 Å². The molecule has 0 atom stereocenters. The van der Waals surface area contributed by atoms with Gasteiger partial charge in [-0.05, 0) is 30.2 Å². The van der Waals surface area contributed by atoms with Crippen LogP contribution in [0, 0.1) is 0 Å². The second-order valence-corrected chi connectivity index (χ2v) is 5.25. The van der Waals surface area contributed by atoms with Gasteiger partial charge in [0.25, 0.3) is 5.91 Å². The van der Waals surface area contributed by atoms with Gasteiger partial charge in [0.1, 0.15) is 0 Å². The summed E-state index contributed by atoms with van der Waals surface area (Å²) in [6.45, 7) is 2.33. The molecule has 1 heterocycles. The zero-order valence-corrected chi connectivity index (χ0v) is 13.7. The minimum absolute atomic E-state index is 0. The SMILES string of the molecule is CCc1cc[n+](CC(=O)Nc2ccc(Cl)cc2Cl)cc1.[Cl-]. The largest absolute Gasteiger partial charge is 1.00 e. The van der Waals surface area contributed by atoms with E-state index >= 15 is 0 Å². The molecule has 0 unspecified atom stereocenters. The average molecular weight is 346 g/mol. The van der Waals surface area contributed by atoms with Crippen molar-refractivity contribution in [2.24, 2.45) is 0 Å². The molecule has 0 fully saturated rings. The fourth-order valence-corrected chi connectivity index (χ4v) is 2.23. The molecule has 2 aromatic rings.